The fraction of sp³-hybridized carbons (Fsp3) is 0.222. The fourth-order valence-electron chi connectivity index (χ4n) is 1.02. The van der Waals surface area contributed by atoms with Gasteiger partial charge in [0.05, 0.1) is 6.54 Å². The molecular formula is C9H13N2+. The monoisotopic (exact) mass is 149 g/mol. The quantitative estimate of drug-likeness (QED) is 0.626. The molecule has 0 spiro atoms. The first-order valence-electron chi connectivity index (χ1n) is 3.69. The lowest BCUT2D eigenvalue weighted by atomic mass is 10.3. The Morgan fingerprint density at radius 1 is 1.55 bits per heavy atom. The lowest BCUT2D eigenvalue weighted by molar-refractivity contribution is -0.696. The summed E-state index contributed by atoms with van der Waals surface area (Å²) in [6, 6.07) is 6.00. The molecule has 0 saturated carbocycles. The van der Waals surface area contributed by atoms with E-state index in [1.807, 2.05) is 30.5 Å². The molecule has 1 aromatic rings. The van der Waals surface area contributed by atoms with Crippen LogP contribution in [0.15, 0.2) is 31.0 Å². The highest BCUT2D eigenvalue weighted by atomic mass is 15.0. The molecule has 1 rings (SSSR count). The van der Waals surface area contributed by atoms with Gasteiger partial charge in [-0.05, 0) is 6.07 Å². The van der Waals surface area contributed by atoms with Crippen LogP contribution >= 0.6 is 0 Å². The van der Waals surface area contributed by atoms with Crippen LogP contribution in [-0.2, 0) is 6.54 Å². The van der Waals surface area contributed by atoms with E-state index in [1.54, 1.807) is 0 Å². The third-order valence-electron chi connectivity index (χ3n) is 1.55. The molecule has 2 N–H and O–H groups in total. The van der Waals surface area contributed by atoms with Gasteiger partial charge in [0.2, 0.25) is 5.69 Å². The SMILES string of the molecule is C=Cc1cccc[n+]1CCN. The minimum atomic E-state index is 0.662. The number of aromatic nitrogens is 1. The van der Waals surface area contributed by atoms with Crippen LogP contribution < -0.4 is 10.3 Å². The van der Waals surface area contributed by atoms with Gasteiger partial charge in [0.25, 0.3) is 0 Å². The van der Waals surface area contributed by atoms with Crippen LogP contribution in [0.25, 0.3) is 6.08 Å². The number of nitrogens with two attached hydrogens (primary N) is 1. The summed E-state index contributed by atoms with van der Waals surface area (Å²) in [6.45, 7) is 5.22. The van der Waals surface area contributed by atoms with Crippen LogP contribution in [-0.4, -0.2) is 6.54 Å². The lowest BCUT2D eigenvalue weighted by Gasteiger charge is -1.96. The minimum absolute atomic E-state index is 0.662. The molecule has 0 amide bonds. The first kappa shape index (κ1) is 7.95. The standard InChI is InChI=1S/C9H13N2/c1-2-9-5-3-4-7-11(9)8-6-10/h2-5,7H,1,6,8,10H2/q+1. The van der Waals surface area contributed by atoms with Crippen molar-refractivity contribution >= 4 is 6.08 Å². The van der Waals surface area contributed by atoms with E-state index in [-0.39, 0.29) is 0 Å². The third-order valence-corrected chi connectivity index (χ3v) is 1.55. The molecule has 2 heteroatoms. The minimum Gasteiger partial charge on any atom is -0.325 e. The molecule has 0 aliphatic rings. The first-order chi connectivity index (χ1) is 5.38. The third kappa shape index (κ3) is 1.88. The van der Waals surface area contributed by atoms with E-state index in [2.05, 4.69) is 11.1 Å². The van der Waals surface area contributed by atoms with E-state index >= 15 is 0 Å². The number of hydrogen-bond donors (Lipinski definition) is 1. The van der Waals surface area contributed by atoms with Crippen molar-refractivity contribution in [1.82, 2.24) is 0 Å². The number of rotatable bonds is 3. The number of nitrogens with zero attached hydrogens (tertiary/aromatic N) is 1. The molecule has 0 aliphatic heterocycles. The molecule has 0 aliphatic carbocycles. The Hall–Kier alpha value is -1.15. The van der Waals surface area contributed by atoms with E-state index in [4.69, 9.17) is 5.73 Å². The van der Waals surface area contributed by atoms with Crippen molar-refractivity contribution in [3.05, 3.63) is 36.7 Å². The van der Waals surface area contributed by atoms with Gasteiger partial charge < -0.3 is 5.73 Å². The van der Waals surface area contributed by atoms with Crippen molar-refractivity contribution in [2.75, 3.05) is 6.54 Å². The van der Waals surface area contributed by atoms with E-state index in [0.717, 1.165) is 12.2 Å². The summed E-state index contributed by atoms with van der Waals surface area (Å²) >= 11 is 0. The summed E-state index contributed by atoms with van der Waals surface area (Å²) < 4.78 is 2.08. The van der Waals surface area contributed by atoms with E-state index in [1.165, 1.54) is 0 Å². The Labute approximate surface area is 67.0 Å². The molecule has 1 aromatic heterocycles. The molecule has 2 nitrogen and oxygen atoms in total. The highest BCUT2D eigenvalue weighted by molar-refractivity contribution is 5.36. The van der Waals surface area contributed by atoms with Crippen LogP contribution in [0.5, 0.6) is 0 Å². The summed E-state index contributed by atoms with van der Waals surface area (Å²) in [6.07, 6.45) is 3.83. The second-order valence-corrected chi connectivity index (χ2v) is 2.31. The number of hydrogen-bond acceptors (Lipinski definition) is 1. The Bertz CT molecular complexity index is 243. The van der Waals surface area contributed by atoms with Gasteiger partial charge in [-0.3, -0.25) is 0 Å². The zero-order chi connectivity index (χ0) is 8.10. The largest absolute Gasteiger partial charge is 0.325 e. The zero-order valence-corrected chi connectivity index (χ0v) is 6.53. The molecule has 0 bridgehead atoms. The van der Waals surface area contributed by atoms with Gasteiger partial charge in [-0.15, -0.1) is 0 Å². The van der Waals surface area contributed by atoms with E-state index in [9.17, 15) is 0 Å². The molecule has 0 unspecified atom stereocenters. The van der Waals surface area contributed by atoms with Gasteiger partial charge in [-0.2, -0.15) is 4.57 Å². The lowest BCUT2D eigenvalue weighted by Crippen LogP contribution is -2.39. The summed E-state index contributed by atoms with van der Waals surface area (Å²) in [7, 11) is 0. The van der Waals surface area contributed by atoms with E-state index < -0.39 is 0 Å². The maximum atomic E-state index is 5.43. The topological polar surface area (TPSA) is 29.9 Å². The smallest absolute Gasteiger partial charge is 0.204 e. The average Bonchev–Trinajstić information content (AvgIpc) is 2.06. The second-order valence-electron chi connectivity index (χ2n) is 2.31. The van der Waals surface area contributed by atoms with Crippen molar-refractivity contribution in [1.29, 1.82) is 0 Å². The van der Waals surface area contributed by atoms with Crippen molar-refractivity contribution in [3.8, 4) is 0 Å². The van der Waals surface area contributed by atoms with Crippen molar-refractivity contribution < 1.29 is 4.57 Å². The zero-order valence-electron chi connectivity index (χ0n) is 6.53. The molecule has 1 heterocycles. The maximum Gasteiger partial charge on any atom is 0.204 e. The van der Waals surface area contributed by atoms with Crippen molar-refractivity contribution in [2.24, 2.45) is 5.73 Å². The van der Waals surface area contributed by atoms with Gasteiger partial charge in [-0.1, -0.05) is 6.58 Å². The Balaban J connectivity index is 2.92. The maximum absolute atomic E-state index is 5.43. The van der Waals surface area contributed by atoms with Crippen LogP contribution in [0, 0.1) is 0 Å². The molecule has 0 fully saturated rings. The van der Waals surface area contributed by atoms with Crippen LogP contribution in [0.3, 0.4) is 0 Å². The average molecular weight is 149 g/mol. The predicted molar refractivity (Wildman–Crippen MR) is 45.8 cm³/mol. The van der Waals surface area contributed by atoms with Crippen LogP contribution in [0.1, 0.15) is 5.69 Å². The summed E-state index contributed by atoms with van der Waals surface area (Å²) in [5.41, 5.74) is 6.54. The van der Waals surface area contributed by atoms with Gasteiger partial charge >= 0.3 is 0 Å². The summed E-state index contributed by atoms with van der Waals surface area (Å²) in [4.78, 5) is 0. The van der Waals surface area contributed by atoms with Crippen molar-refractivity contribution in [3.63, 3.8) is 0 Å². The van der Waals surface area contributed by atoms with Gasteiger partial charge in [-0.25, -0.2) is 0 Å². The van der Waals surface area contributed by atoms with Gasteiger partial charge in [0.15, 0.2) is 12.7 Å². The Kier molecular flexibility index (Phi) is 2.81. The first-order valence-corrected chi connectivity index (χ1v) is 3.69. The summed E-state index contributed by atoms with van der Waals surface area (Å²) in [5.74, 6) is 0. The van der Waals surface area contributed by atoms with Gasteiger partial charge in [0, 0.05) is 18.2 Å². The Morgan fingerprint density at radius 3 is 3.00 bits per heavy atom. The molecule has 0 saturated heterocycles. The molecule has 0 atom stereocenters. The molecule has 11 heavy (non-hydrogen) atoms. The number of pyridine rings is 1. The van der Waals surface area contributed by atoms with Gasteiger partial charge in [0.1, 0.15) is 0 Å². The molecular weight excluding hydrogens is 136 g/mol. The highest BCUT2D eigenvalue weighted by Gasteiger charge is 2.02. The molecule has 0 radical (unpaired) electrons. The van der Waals surface area contributed by atoms with Crippen molar-refractivity contribution in [2.45, 2.75) is 6.54 Å². The molecule has 0 aromatic carbocycles. The fourth-order valence-corrected chi connectivity index (χ4v) is 1.02. The summed E-state index contributed by atoms with van der Waals surface area (Å²) in [5, 5.41) is 0. The Morgan fingerprint density at radius 2 is 2.36 bits per heavy atom. The van der Waals surface area contributed by atoms with Crippen LogP contribution in [0.2, 0.25) is 0 Å². The molecule has 58 valence electrons. The predicted octanol–water partition coefficient (Wildman–Crippen LogP) is 0.576. The van der Waals surface area contributed by atoms with Crippen LogP contribution in [0.4, 0.5) is 0 Å². The second kappa shape index (κ2) is 3.88. The van der Waals surface area contributed by atoms with E-state index in [0.29, 0.717) is 6.54 Å². The highest BCUT2D eigenvalue weighted by Crippen LogP contribution is 1.91. The normalized spacial score (nSPS) is 9.55.